The normalized spacial score (nSPS) is 9.69. The van der Waals surface area contributed by atoms with E-state index in [1.54, 1.807) is 7.05 Å². The quantitative estimate of drug-likeness (QED) is 0.570. The fourth-order valence-corrected chi connectivity index (χ4v) is 1.33. The Balaban J connectivity index is 2.50. The molecule has 1 heterocycles. The van der Waals surface area contributed by atoms with Gasteiger partial charge in [0.05, 0.1) is 5.75 Å². The van der Waals surface area contributed by atoms with Gasteiger partial charge in [-0.1, -0.05) is 11.8 Å². The zero-order valence-corrected chi connectivity index (χ0v) is 7.77. The van der Waals surface area contributed by atoms with Crippen molar-refractivity contribution in [1.29, 1.82) is 0 Å². The highest BCUT2D eigenvalue weighted by atomic mass is 32.2. The minimum Gasteiger partial charge on any atom is -0.358 e. The second kappa shape index (κ2) is 4.76. The van der Waals surface area contributed by atoms with Crippen LogP contribution in [0.4, 0.5) is 4.39 Å². The molecule has 0 unspecified atom stereocenters. The van der Waals surface area contributed by atoms with E-state index in [0.29, 0.717) is 5.03 Å². The van der Waals surface area contributed by atoms with Crippen LogP contribution in [-0.2, 0) is 4.79 Å². The van der Waals surface area contributed by atoms with E-state index in [1.165, 1.54) is 6.07 Å². The lowest BCUT2D eigenvalue weighted by atomic mass is 10.7. The molecule has 0 aliphatic carbocycles. The Morgan fingerprint density at radius 3 is 3.08 bits per heavy atom. The van der Waals surface area contributed by atoms with E-state index in [4.69, 9.17) is 0 Å². The fraction of sp³-hybridized carbons (Fsp3) is 0.286. The lowest BCUT2D eigenvalue weighted by molar-refractivity contribution is -0.118. The minimum atomic E-state index is -0.589. The van der Waals surface area contributed by atoms with Crippen molar-refractivity contribution < 1.29 is 9.18 Å². The van der Waals surface area contributed by atoms with Gasteiger partial charge in [0.15, 0.2) is 0 Å². The number of carbonyl (C=O) groups excluding carboxylic acids is 1. The van der Waals surface area contributed by atoms with Gasteiger partial charge in [0.1, 0.15) is 11.4 Å². The number of halogens is 1. The highest BCUT2D eigenvalue weighted by Gasteiger charge is 2.02. The van der Waals surface area contributed by atoms with Gasteiger partial charge in [0.25, 0.3) is 0 Å². The largest absolute Gasteiger partial charge is 0.358 e. The summed E-state index contributed by atoms with van der Waals surface area (Å²) in [6.07, 6.45) is 1.13. The van der Waals surface area contributed by atoms with Gasteiger partial charge in [-0.25, -0.2) is 9.97 Å². The predicted octanol–water partition coefficient (Wildman–Crippen LogP) is 0.454. The molecular weight excluding hydrogens is 193 g/mol. The Morgan fingerprint density at radius 2 is 2.46 bits per heavy atom. The molecule has 13 heavy (non-hydrogen) atoms. The number of nitrogens with one attached hydrogen (secondary N) is 1. The molecule has 70 valence electrons. The van der Waals surface area contributed by atoms with Gasteiger partial charge >= 0.3 is 0 Å². The maximum atomic E-state index is 12.5. The SMILES string of the molecule is CNC(=O)CSc1cc(F)ncn1. The first-order chi connectivity index (χ1) is 6.22. The summed E-state index contributed by atoms with van der Waals surface area (Å²) >= 11 is 1.16. The number of thioether (sulfide) groups is 1. The van der Waals surface area contributed by atoms with Crippen LogP contribution in [0.15, 0.2) is 17.4 Å². The summed E-state index contributed by atoms with van der Waals surface area (Å²) in [5, 5.41) is 2.91. The van der Waals surface area contributed by atoms with Crippen molar-refractivity contribution in [2.24, 2.45) is 0 Å². The zero-order valence-electron chi connectivity index (χ0n) is 6.95. The monoisotopic (exact) mass is 201 g/mol. The molecule has 6 heteroatoms. The molecule has 4 nitrogen and oxygen atoms in total. The Bertz CT molecular complexity index is 308. The number of aromatic nitrogens is 2. The van der Waals surface area contributed by atoms with E-state index in [1.807, 2.05) is 0 Å². The van der Waals surface area contributed by atoms with Crippen LogP contribution < -0.4 is 5.32 Å². The molecule has 0 saturated carbocycles. The van der Waals surface area contributed by atoms with Gasteiger partial charge in [-0.3, -0.25) is 4.79 Å². The molecule has 1 aromatic rings. The average molecular weight is 201 g/mol. The van der Waals surface area contributed by atoms with Crippen LogP contribution in [0.1, 0.15) is 0 Å². The van der Waals surface area contributed by atoms with Crippen molar-refractivity contribution >= 4 is 17.7 Å². The number of amides is 1. The molecule has 0 aliphatic rings. The maximum absolute atomic E-state index is 12.5. The highest BCUT2D eigenvalue weighted by molar-refractivity contribution is 7.99. The Hall–Kier alpha value is -1.17. The van der Waals surface area contributed by atoms with Crippen molar-refractivity contribution in [2.45, 2.75) is 5.03 Å². The van der Waals surface area contributed by atoms with E-state index in [2.05, 4.69) is 15.3 Å². The summed E-state index contributed by atoms with van der Waals surface area (Å²) in [4.78, 5) is 17.9. The van der Waals surface area contributed by atoms with E-state index in [-0.39, 0.29) is 11.7 Å². The predicted molar refractivity (Wildman–Crippen MR) is 46.8 cm³/mol. The maximum Gasteiger partial charge on any atom is 0.230 e. The molecule has 0 aromatic carbocycles. The molecule has 0 aliphatic heterocycles. The number of rotatable bonds is 3. The van der Waals surface area contributed by atoms with Crippen LogP contribution in [0.25, 0.3) is 0 Å². The van der Waals surface area contributed by atoms with Crippen LogP contribution in [0.3, 0.4) is 0 Å². The van der Waals surface area contributed by atoms with Gasteiger partial charge in [-0.15, -0.1) is 0 Å². The molecule has 0 spiro atoms. The van der Waals surface area contributed by atoms with Crippen molar-refractivity contribution in [3.05, 3.63) is 18.3 Å². The Kier molecular flexibility index (Phi) is 3.63. The number of hydrogen-bond donors (Lipinski definition) is 1. The zero-order chi connectivity index (χ0) is 9.68. The Morgan fingerprint density at radius 1 is 1.69 bits per heavy atom. The summed E-state index contributed by atoms with van der Waals surface area (Å²) in [6, 6.07) is 1.19. The van der Waals surface area contributed by atoms with E-state index in [0.717, 1.165) is 18.1 Å². The standard InChI is InChI=1S/C7H8FN3OS/c1-9-6(12)3-13-7-2-5(8)10-4-11-7/h2,4H,3H2,1H3,(H,9,12). The summed E-state index contributed by atoms with van der Waals surface area (Å²) in [6.45, 7) is 0. The van der Waals surface area contributed by atoms with Crippen LogP contribution in [0.5, 0.6) is 0 Å². The van der Waals surface area contributed by atoms with Crippen molar-refractivity contribution in [3.63, 3.8) is 0 Å². The third-order valence-electron chi connectivity index (χ3n) is 1.24. The molecule has 1 N–H and O–H groups in total. The van der Waals surface area contributed by atoms with E-state index in [9.17, 15) is 9.18 Å². The number of hydrogen-bond acceptors (Lipinski definition) is 4. The van der Waals surface area contributed by atoms with E-state index >= 15 is 0 Å². The average Bonchev–Trinajstić information content (AvgIpc) is 2.14. The van der Waals surface area contributed by atoms with Crippen LogP contribution in [0.2, 0.25) is 0 Å². The van der Waals surface area contributed by atoms with Gasteiger partial charge in [-0.2, -0.15) is 4.39 Å². The van der Waals surface area contributed by atoms with Crippen LogP contribution in [0, 0.1) is 5.95 Å². The first-order valence-corrected chi connectivity index (χ1v) is 4.52. The summed E-state index contributed by atoms with van der Waals surface area (Å²) in [7, 11) is 1.55. The molecule has 0 atom stereocenters. The first kappa shape index (κ1) is 9.91. The van der Waals surface area contributed by atoms with Crippen molar-refractivity contribution in [2.75, 3.05) is 12.8 Å². The third-order valence-corrected chi connectivity index (χ3v) is 2.16. The van der Waals surface area contributed by atoms with E-state index < -0.39 is 5.95 Å². The summed E-state index contributed by atoms with van der Waals surface area (Å²) in [5.74, 6) is -0.481. The molecule has 0 bridgehead atoms. The highest BCUT2D eigenvalue weighted by Crippen LogP contribution is 2.13. The molecule has 1 rings (SSSR count). The molecular formula is C7H8FN3OS. The second-order valence-corrected chi connectivity index (χ2v) is 3.14. The Labute approximate surface area is 79.0 Å². The van der Waals surface area contributed by atoms with Gasteiger partial charge in [-0.05, 0) is 0 Å². The van der Waals surface area contributed by atoms with Crippen molar-refractivity contribution in [1.82, 2.24) is 15.3 Å². The minimum absolute atomic E-state index is 0.121. The van der Waals surface area contributed by atoms with Crippen LogP contribution >= 0.6 is 11.8 Å². The fourth-order valence-electron chi connectivity index (χ4n) is 0.608. The van der Waals surface area contributed by atoms with Gasteiger partial charge in [0, 0.05) is 13.1 Å². The molecule has 1 amide bonds. The van der Waals surface area contributed by atoms with Crippen molar-refractivity contribution in [3.8, 4) is 0 Å². The van der Waals surface area contributed by atoms with Crippen LogP contribution in [-0.4, -0.2) is 28.7 Å². The van der Waals surface area contributed by atoms with Gasteiger partial charge < -0.3 is 5.32 Å². The second-order valence-electron chi connectivity index (χ2n) is 2.14. The third kappa shape index (κ3) is 3.37. The summed E-state index contributed by atoms with van der Waals surface area (Å²) < 4.78 is 12.5. The number of carbonyl (C=O) groups is 1. The summed E-state index contributed by atoms with van der Waals surface area (Å²) in [5.41, 5.74) is 0. The molecule has 0 radical (unpaired) electrons. The lowest BCUT2D eigenvalue weighted by Crippen LogP contribution is -2.19. The molecule has 1 aromatic heterocycles. The first-order valence-electron chi connectivity index (χ1n) is 3.53. The number of nitrogens with zero attached hydrogens (tertiary/aromatic N) is 2. The smallest absolute Gasteiger partial charge is 0.230 e. The molecule has 0 fully saturated rings. The lowest BCUT2D eigenvalue weighted by Gasteiger charge is -1.98. The van der Waals surface area contributed by atoms with Gasteiger partial charge in [0.2, 0.25) is 11.9 Å². The molecule has 0 saturated heterocycles. The topological polar surface area (TPSA) is 54.9 Å².